The molecule has 160 valence electrons. The number of ketones is 1. The first-order chi connectivity index (χ1) is 15.4. The van der Waals surface area contributed by atoms with E-state index in [2.05, 4.69) is 0 Å². The summed E-state index contributed by atoms with van der Waals surface area (Å²) in [5.41, 5.74) is 2.99. The van der Waals surface area contributed by atoms with Crippen LogP contribution in [0, 0.1) is 0 Å². The summed E-state index contributed by atoms with van der Waals surface area (Å²) < 4.78 is 6.44. The molecule has 1 aliphatic rings. The van der Waals surface area contributed by atoms with Crippen molar-refractivity contribution in [2.75, 3.05) is 4.90 Å². The average molecular weight is 480 g/mol. The van der Waals surface area contributed by atoms with Gasteiger partial charge in [-0.2, -0.15) is 0 Å². The van der Waals surface area contributed by atoms with Crippen molar-refractivity contribution < 1.29 is 14.3 Å². The smallest absolute Gasteiger partial charge is 0.270 e. The van der Waals surface area contributed by atoms with Crippen molar-refractivity contribution in [3.8, 4) is 5.75 Å². The molecule has 3 aromatic rings. The van der Waals surface area contributed by atoms with Crippen LogP contribution in [0.15, 0.2) is 77.7 Å². The first kappa shape index (κ1) is 22.3. The Hall–Kier alpha value is -2.93. The largest absolute Gasteiger partial charge is 0.488 e. The van der Waals surface area contributed by atoms with E-state index in [1.807, 2.05) is 48.5 Å². The lowest BCUT2D eigenvalue weighted by Gasteiger charge is -2.14. The van der Waals surface area contributed by atoms with E-state index in [9.17, 15) is 9.59 Å². The van der Waals surface area contributed by atoms with Gasteiger partial charge in [0.2, 0.25) is 0 Å². The summed E-state index contributed by atoms with van der Waals surface area (Å²) in [5.74, 6) is 0.429. The van der Waals surface area contributed by atoms with E-state index in [1.165, 1.54) is 23.6 Å². The van der Waals surface area contributed by atoms with Crippen LogP contribution in [-0.2, 0) is 11.4 Å². The summed E-state index contributed by atoms with van der Waals surface area (Å²) in [4.78, 5) is 26.6. The van der Waals surface area contributed by atoms with Crippen molar-refractivity contribution in [3.63, 3.8) is 0 Å². The third-order valence-electron chi connectivity index (χ3n) is 4.84. The van der Waals surface area contributed by atoms with Crippen LogP contribution < -0.4 is 9.64 Å². The van der Waals surface area contributed by atoms with E-state index >= 15 is 0 Å². The number of thiocarbonyl (C=S) groups is 1. The lowest BCUT2D eigenvalue weighted by atomic mass is 10.1. The number of hydrogen-bond acceptors (Lipinski definition) is 5. The van der Waals surface area contributed by atoms with Gasteiger partial charge in [0, 0.05) is 16.1 Å². The van der Waals surface area contributed by atoms with E-state index in [-0.39, 0.29) is 11.7 Å². The summed E-state index contributed by atoms with van der Waals surface area (Å²) in [6, 6.07) is 21.8. The Morgan fingerprint density at radius 2 is 1.75 bits per heavy atom. The molecule has 0 aliphatic carbocycles. The number of amides is 1. The van der Waals surface area contributed by atoms with E-state index in [0.29, 0.717) is 37.9 Å². The van der Waals surface area contributed by atoms with Gasteiger partial charge in [-0.3, -0.25) is 14.5 Å². The van der Waals surface area contributed by atoms with Crippen LogP contribution in [0.3, 0.4) is 0 Å². The summed E-state index contributed by atoms with van der Waals surface area (Å²) in [5, 5.41) is 0.673. The van der Waals surface area contributed by atoms with Crippen molar-refractivity contribution >= 4 is 63.4 Å². The number of halogens is 1. The summed E-state index contributed by atoms with van der Waals surface area (Å²) in [7, 11) is 0. The maximum Gasteiger partial charge on any atom is 0.270 e. The van der Waals surface area contributed by atoms with Crippen LogP contribution in [0.25, 0.3) is 6.08 Å². The molecule has 32 heavy (non-hydrogen) atoms. The van der Waals surface area contributed by atoms with Gasteiger partial charge >= 0.3 is 0 Å². The summed E-state index contributed by atoms with van der Waals surface area (Å²) in [6.07, 6.45) is 1.79. The van der Waals surface area contributed by atoms with Crippen LogP contribution in [0.5, 0.6) is 5.75 Å². The molecule has 4 nitrogen and oxygen atoms in total. The molecule has 1 fully saturated rings. The predicted molar refractivity (Wildman–Crippen MR) is 134 cm³/mol. The topological polar surface area (TPSA) is 46.6 Å². The quantitative estimate of drug-likeness (QED) is 0.228. The zero-order chi connectivity index (χ0) is 22.7. The molecule has 0 unspecified atom stereocenters. The summed E-state index contributed by atoms with van der Waals surface area (Å²) >= 11 is 12.6. The van der Waals surface area contributed by atoms with Crippen LogP contribution in [0.1, 0.15) is 28.4 Å². The molecule has 0 N–H and O–H groups in total. The number of carbonyl (C=O) groups is 2. The Balaban J connectivity index is 1.55. The van der Waals surface area contributed by atoms with Crippen LogP contribution in [0.2, 0.25) is 5.02 Å². The number of hydrogen-bond donors (Lipinski definition) is 0. The number of rotatable bonds is 6. The van der Waals surface area contributed by atoms with Gasteiger partial charge in [0.1, 0.15) is 12.4 Å². The molecule has 1 amide bonds. The van der Waals surface area contributed by atoms with E-state index < -0.39 is 0 Å². The van der Waals surface area contributed by atoms with Crippen molar-refractivity contribution in [1.29, 1.82) is 0 Å². The first-order valence-corrected chi connectivity index (χ1v) is 11.4. The highest BCUT2D eigenvalue weighted by molar-refractivity contribution is 8.27. The molecule has 1 heterocycles. The molecule has 7 heteroatoms. The minimum atomic E-state index is -0.205. The van der Waals surface area contributed by atoms with Gasteiger partial charge in [0.25, 0.3) is 5.91 Å². The third kappa shape index (κ3) is 4.93. The fourth-order valence-electron chi connectivity index (χ4n) is 3.15. The van der Waals surface area contributed by atoms with Gasteiger partial charge in [-0.25, -0.2) is 0 Å². The van der Waals surface area contributed by atoms with Gasteiger partial charge < -0.3 is 4.74 Å². The van der Waals surface area contributed by atoms with E-state index in [4.69, 9.17) is 28.6 Å². The standard InChI is InChI=1S/C25H18ClNO3S2/c1-16(28)18-8-12-21(13-9-18)27-24(29)23(32-25(27)31)14-19-4-2-3-5-22(19)30-15-17-6-10-20(26)11-7-17/h2-14H,15H2,1H3/b23-14-. The number of anilines is 1. The highest BCUT2D eigenvalue weighted by Crippen LogP contribution is 2.37. The lowest BCUT2D eigenvalue weighted by molar-refractivity contribution is -0.113. The second kappa shape index (κ2) is 9.69. The summed E-state index contributed by atoms with van der Waals surface area (Å²) in [6.45, 7) is 1.88. The maximum atomic E-state index is 13.1. The Morgan fingerprint density at radius 3 is 2.44 bits per heavy atom. The molecule has 0 bridgehead atoms. The molecular weight excluding hydrogens is 462 g/mol. The molecule has 4 rings (SSSR count). The zero-order valence-electron chi connectivity index (χ0n) is 17.1. The van der Waals surface area contributed by atoms with Gasteiger partial charge in [-0.1, -0.05) is 65.9 Å². The predicted octanol–water partition coefficient (Wildman–Crippen LogP) is 6.53. The number of benzene rings is 3. The molecule has 0 atom stereocenters. The highest BCUT2D eigenvalue weighted by atomic mass is 35.5. The Kier molecular flexibility index (Phi) is 6.74. The van der Waals surface area contributed by atoms with Crippen molar-refractivity contribution in [2.24, 2.45) is 0 Å². The molecule has 1 saturated heterocycles. The Labute approximate surface area is 200 Å². The molecule has 0 radical (unpaired) electrons. The van der Waals surface area contributed by atoms with Gasteiger partial charge in [-0.05, 0) is 61.0 Å². The fraction of sp³-hybridized carbons (Fsp3) is 0.0800. The SMILES string of the molecule is CC(=O)c1ccc(N2C(=O)/C(=C/c3ccccc3OCc3ccc(Cl)cc3)SC2=S)cc1. The average Bonchev–Trinajstić information content (AvgIpc) is 3.07. The van der Waals surface area contributed by atoms with Gasteiger partial charge in [0.15, 0.2) is 10.1 Å². The van der Waals surface area contributed by atoms with Crippen molar-refractivity contribution in [3.05, 3.63) is 99.4 Å². The third-order valence-corrected chi connectivity index (χ3v) is 6.39. The molecule has 3 aromatic carbocycles. The number of Topliss-reactive ketones (excluding diaryl/α,β-unsaturated/α-hetero) is 1. The number of nitrogens with zero attached hydrogens (tertiary/aromatic N) is 1. The maximum absolute atomic E-state index is 13.1. The first-order valence-electron chi connectivity index (χ1n) is 9.77. The molecule has 0 saturated carbocycles. The van der Waals surface area contributed by atoms with Crippen LogP contribution in [0.4, 0.5) is 5.69 Å². The Morgan fingerprint density at radius 1 is 1.06 bits per heavy atom. The number of carbonyl (C=O) groups excluding carboxylic acids is 2. The fourth-order valence-corrected chi connectivity index (χ4v) is 4.57. The minimum absolute atomic E-state index is 0.0305. The molecule has 1 aliphatic heterocycles. The molecule has 0 spiro atoms. The normalized spacial score (nSPS) is 14.8. The highest BCUT2D eigenvalue weighted by Gasteiger charge is 2.33. The number of ether oxygens (including phenoxy) is 1. The van der Waals surface area contributed by atoms with E-state index in [1.54, 1.807) is 30.3 Å². The van der Waals surface area contributed by atoms with E-state index in [0.717, 1.165) is 11.1 Å². The van der Waals surface area contributed by atoms with Gasteiger partial charge in [-0.15, -0.1) is 0 Å². The zero-order valence-corrected chi connectivity index (χ0v) is 19.5. The minimum Gasteiger partial charge on any atom is -0.488 e. The number of para-hydroxylation sites is 1. The van der Waals surface area contributed by atoms with Gasteiger partial charge in [0.05, 0.1) is 10.6 Å². The second-order valence-electron chi connectivity index (χ2n) is 7.07. The molecule has 0 aromatic heterocycles. The van der Waals surface area contributed by atoms with Crippen molar-refractivity contribution in [2.45, 2.75) is 13.5 Å². The molecular formula is C25H18ClNO3S2. The van der Waals surface area contributed by atoms with Crippen molar-refractivity contribution in [1.82, 2.24) is 0 Å². The lowest BCUT2D eigenvalue weighted by Crippen LogP contribution is -2.27. The Bertz CT molecular complexity index is 1220. The van der Waals surface area contributed by atoms with Crippen LogP contribution in [-0.4, -0.2) is 16.0 Å². The second-order valence-corrected chi connectivity index (χ2v) is 9.19. The van der Waals surface area contributed by atoms with Crippen LogP contribution >= 0.6 is 35.6 Å². The number of thioether (sulfide) groups is 1. The monoisotopic (exact) mass is 479 g/mol.